The van der Waals surface area contributed by atoms with E-state index in [1.165, 1.54) is 30.3 Å². The third kappa shape index (κ3) is 3.76. The molecule has 0 saturated carbocycles. The number of phenols is 2. The number of hydroxylamine groups is 2. The summed E-state index contributed by atoms with van der Waals surface area (Å²) >= 11 is 0. The zero-order valence-electron chi connectivity index (χ0n) is 22.1. The summed E-state index contributed by atoms with van der Waals surface area (Å²) < 4.78 is 12.1. The minimum absolute atomic E-state index is 0.0294. The van der Waals surface area contributed by atoms with E-state index in [0.717, 1.165) is 5.06 Å². The Morgan fingerprint density at radius 3 is 1.97 bits per heavy atom. The first-order valence-electron chi connectivity index (χ1n) is 12.8. The molecule has 6 rings (SSSR count). The second kappa shape index (κ2) is 8.21. The van der Waals surface area contributed by atoms with Crippen LogP contribution < -0.4 is 10.1 Å². The highest BCUT2D eigenvalue weighted by Crippen LogP contribution is 2.57. The highest BCUT2D eigenvalue weighted by Gasteiger charge is 2.54. The van der Waals surface area contributed by atoms with Gasteiger partial charge >= 0.3 is 5.97 Å². The van der Waals surface area contributed by atoms with Gasteiger partial charge in [0.25, 0.3) is 5.91 Å². The fourth-order valence-corrected chi connectivity index (χ4v) is 6.48. The van der Waals surface area contributed by atoms with Crippen LogP contribution in [-0.2, 0) is 15.5 Å². The summed E-state index contributed by atoms with van der Waals surface area (Å²) in [5, 5.41) is 37.0. The molecule has 3 aromatic carbocycles. The predicted octanol–water partition coefficient (Wildman–Crippen LogP) is 4.76. The van der Waals surface area contributed by atoms with E-state index < -0.39 is 22.6 Å². The molecule has 0 aliphatic carbocycles. The number of aromatic hydroxyl groups is 2. The number of nitrogens with one attached hydrogen (secondary N) is 1. The van der Waals surface area contributed by atoms with E-state index in [1.54, 1.807) is 24.3 Å². The van der Waals surface area contributed by atoms with Gasteiger partial charge in [0.2, 0.25) is 0 Å². The summed E-state index contributed by atoms with van der Waals surface area (Å²) in [4.78, 5) is 26.7. The zero-order chi connectivity index (χ0) is 27.9. The SMILES string of the molecule is CC1(C)CC(NC(=O)c2ccc3c(c2)C(=O)OC32c3ccc(O)cc3Oc3cc(O)ccc32)CC(C)(C)N1[O]. The van der Waals surface area contributed by atoms with Crippen molar-refractivity contribution in [3.8, 4) is 23.0 Å². The zero-order valence-corrected chi connectivity index (χ0v) is 22.1. The second-order valence-electron chi connectivity index (χ2n) is 11.8. The Morgan fingerprint density at radius 2 is 1.41 bits per heavy atom. The van der Waals surface area contributed by atoms with Crippen molar-refractivity contribution in [1.82, 2.24) is 10.4 Å². The van der Waals surface area contributed by atoms with Crippen LogP contribution in [0.1, 0.15) is 77.9 Å². The Hall–Kier alpha value is -4.08. The Labute approximate surface area is 225 Å². The molecule has 0 unspecified atom stereocenters. The van der Waals surface area contributed by atoms with Crippen LogP contribution in [-0.4, -0.2) is 44.3 Å². The summed E-state index contributed by atoms with van der Waals surface area (Å²) in [5.74, 6) is -0.445. The first-order valence-corrected chi connectivity index (χ1v) is 12.8. The number of fused-ring (bicyclic) bond motifs is 6. The van der Waals surface area contributed by atoms with Crippen molar-refractivity contribution in [2.24, 2.45) is 0 Å². The van der Waals surface area contributed by atoms with Crippen LogP contribution in [0.4, 0.5) is 0 Å². The number of nitrogens with zero attached hydrogens (tertiary/aromatic N) is 1. The summed E-state index contributed by atoms with van der Waals surface area (Å²) in [6.07, 6.45) is 0.990. The lowest BCUT2D eigenvalue weighted by Crippen LogP contribution is -2.62. The number of carbonyl (C=O) groups excluding carboxylic acids is 2. The third-order valence-corrected chi connectivity index (χ3v) is 7.96. The molecular weight excluding hydrogens is 500 g/mol. The number of rotatable bonds is 2. The minimum atomic E-state index is -1.39. The molecule has 201 valence electrons. The van der Waals surface area contributed by atoms with Crippen molar-refractivity contribution >= 4 is 11.9 Å². The van der Waals surface area contributed by atoms with Gasteiger partial charge in [0.05, 0.1) is 5.56 Å². The van der Waals surface area contributed by atoms with Gasteiger partial charge in [-0.1, -0.05) is 6.07 Å². The molecule has 1 saturated heterocycles. The number of piperidine rings is 1. The van der Waals surface area contributed by atoms with Crippen molar-refractivity contribution in [3.63, 3.8) is 0 Å². The van der Waals surface area contributed by atoms with Crippen LogP contribution >= 0.6 is 0 Å². The topological polar surface area (TPSA) is 128 Å². The number of hydrogen-bond donors (Lipinski definition) is 3. The van der Waals surface area contributed by atoms with Crippen molar-refractivity contribution in [1.29, 1.82) is 0 Å². The monoisotopic (exact) mass is 529 g/mol. The number of phenolic OH excluding ortho intramolecular Hbond substituents is 2. The van der Waals surface area contributed by atoms with Gasteiger partial charge in [-0.25, -0.2) is 4.79 Å². The molecule has 1 radical (unpaired) electrons. The first kappa shape index (κ1) is 25.2. The fourth-order valence-electron chi connectivity index (χ4n) is 6.48. The maximum absolute atomic E-state index is 13.3. The molecule has 0 bridgehead atoms. The van der Waals surface area contributed by atoms with Crippen molar-refractivity contribution in [3.05, 3.63) is 82.4 Å². The molecule has 0 aromatic heterocycles. The molecule has 39 heavy (non-hydrogen) atoms. The lowest BCUT2D eigenvalue weighted by Gasteiger charge is -2.50. The van der Waals surface area contributed by atoms with Gasteiger partial charge in [0, 0.05) is 51.5 Å². The fraction of sp³-hybridized carbons (Fsp3) is 0.333. The minimum Gasteiger partial charge on any atom is -0.508 e. The van der Waals surface area contributed by atoms with Crippen molar-refractivity contribution < 1.29 is 34.5 Å². The van der Waals surface area contributed by atoms with Gasteiger partial charge in [-0.3, -0.25) is 4.79 Å². The van der Waals surface area contributed by atoms with Crippen LogP contribution in [0.25, 0.3) is 0 Å². The van der Waals surface area contributed by atoms with Gasteiger partial charge < -0.3 is 25.0 Å². The third-order valence-electron chi connectivity index (χ3n) is 7.96. The number of carbonyl (C=O) groups is 2. The van der Waals surface area contributed by atoms with Crippen LogP contribution in [0.2, 0.25) is 0 Å². The Balaban J connectivity index is 1.39. The molecule has 1 amide bonds. The van der Waals surface area contributed by atoms with E-state index in [-0.39, 0.29) is 40.5 Å². The highest BCUT2D eigenvalue weighted by atomic mass is 16.6. The normalized spacial score (nSPS) is 20.4. The van der Waals surface area contributed by atoms with Gasteiger partial charge in [-0.15, -0.1) is 10.3 Å². The number of benzene rings is 3. The molecule has 3 aliphatic heterocycles. The van der Waals surface area contributed by atoms with Crippen molar-refractivity contribution in [2.75, 3.05) is 0 Å². The summed E-state index contributed by atoms with van der Waals surface area (Å²) in [6, 6.07) is 13.7. The predicted molar refractivity (Wildman–Crippen MR) is 139 cm³/mol. The van der Waals surface area contributed by atoms with Crippen LogP contribution in [0.3, 0.4) is 0 Å². The van der Waals surface area contributed by atoms with Crippen molar-refractivity contribution in [2.45, 2.75) is 63.3 Å². The molecule has 3 aliphatic rings. The molecule has 9 heteroatoms. The van der Waals surface area contributed by atoms with E-state index in [2.05, 4.69) is 5.32 Å². The van der Waals surface area contributed by atoms with E-state index >= 15 is 0 Å². The highest BCUT2D eigenvalue weighted by molar-refractivity contribution is 6.01. The molecule has 0 atom stereocenters. The van der Waals surface area contributed by atoms with Crippen LogP contribution in [0, 0.1) is 0 Å². The summed E-state index contributed by atoms with van der Waals surface area (Å²) in [7, 11) is 0. The van der Waals surface area contributed by atoms with Gasteiger partial charge in [0.1, 0.15) is 23.0 Å². The molecule has 3 heterocycles. The number of esters is 1. The number of amides is 1. The molecule has 9 nitrogen and oxygen atoms in total. The Kier molecular flexibility index (Phi) is 5.31. The molecule has 3 N–H and O–H groups in total. The Morgan fingerprint density at radius 1 is 0.872 bits per heavy atom. The second-order valence-corrected chi connectivity index (χ2v) is 11.8. The average Bonchev–Trinajstić information content (AvgIpc) is 3.14. The number of hydrogen-bond acceptors (Lipinski definition) is 7. The van der Waals surface area contributed by atoms with Gasteiger partial charge in [-0.2, -0.15) is 0 Å². The maximum Gasteiger partial charge on any atom is 0.340 e. The van der Waals surface area contributed by atoms with E-state index in [0.29, 0.717) is 35.1 Å². The lowest BCUT2D eigenvalue weighted by molar-refractivity contribution is -0.289. The smallest absolute Gasteiger partial charge is 0.340 e. The molecule has 3 aromatic rings. The van der Waals surface area contributed by atoms with Gasteiger partial charge in [-0.05, 0) is 76.9 Å². The van der Waals surface area contributed by atoms with E-state index in [9.17, 15) is 25.0 Å². The van der Waals surface area contributed by atoms with E-state index in [1.807, 2.05) is 27.7 Å². The molecule has 1 spiro atoms. The Bertz CT molecular complexity index is 1470. The van der Waals surface area contributed by atoms with Gasteiger partial charge in [0.15, 0.2) is 5.60 Å². The first-order chi connectivity index (χ1) is 18.3. The van der Waals surface area contributed by atoms with E-state index in [4.69, 9.17) is 9.47 Å². The summed E-state index contributed by atoms with van der Waals surface area (Å²) in [5.41, 5.74) is -0.590. The summed E-state index contributed by atoms with van der Waals surface area (Å²) in [6.45, 7) is 7.48. The van der Waals surface area contributed by atoms with Crippen LogP contribution in [0.15, 0.2) is 54.6 Å². The average molecular weight is 530 g/mol. The number of ether oxygens (including phenoxy) is 2. The largest absolute Gasteiger partial charge is 0.508 e. The van der Waals surface area contributed by atoms with Crippen LogP contribution in [0.5, 0.6) is 23.0 Å². The lowest BCUT2D eigenvalue weighted by atomic mass is 9.77. The maximum atomic E-state index is 13.3. The quantitative estimate of drug-likeness (QED) is 0.408. The molecular formula is C30H29N2O7. The molecule has 1 fully saturated rings. The standard InChI is InChI=1S/C30H29N2O7/c1-28(2)14-17(15-29(3,4)32(28)37)31-26(35)16-5-8-21-20(11-16)27(36)39-30(21)22-9-6-18(33)12-24(22)38-25-13-19(34)7-10-23(25)30/h5-13,17,33-34H,14-15H2,1-4H3,(H,31,35).